The first-order valence-corrected chi connectivity index (χ1v) is 8.97. The molecule has 0 amide bonds. The van der Waals surface area contributed by atoms with Gasteiger partial charge in [-0.1, -0.05) is 17.3 Å². The van der Waals surface area contributed by atoms with Crippen LogP contribution in [0.1, 0.15) is 0 Å². The minimum atomic E-state index is -0.340. The molecule has 0 fully saturated rings. The van der Waals surface area contributed by atoms with Gasteiger partial charge in [-0.25, -0.2) is 9.37 Å². The Bertz CT molecular complexity index is 1530. The van der Waals surface area contributed by atoms with E-state index in [1.807, 2.05) is 24.3 Å². The topological polar surface area (TPSA) is 86.4 Å². The number of benzene rings is 2. The number of hydrogen-bond acceptors (Lipinski definition) is 6. The van der Waals surface area contributed by atoms with Gasteiger partial charge in [-0.3, -0.25) is 8.80 Å². The summed E-state index contributed by atoms with van der Waals surface area (Å²) >= 11 is 6.33. The second kappa shape index (κ2) is 5.82. The van der Waals surface area contributed by atoms with E-state index in [1.54, 1.807) is 27.1 Å². The molecule has 0 aliphatic heterocycles. The van der Waals surface area contributed by atoms with Crippen LogP contribution in [0.4, 0.5) is 4.39 Å². The average molecular weight is 406 g/mol. The van der Waals surface area contributed by atoms with Crippen molar-refractivity contribution in [3.8, 4) is 23.1 Å². The number of fused-ring (bicyclic) bond motifs is 6. The molecule has 0 spiro atoms. The van der Waals surface area contributed by atoms with Gasteiger partial charge >= 0.3 is 0 Å². The van der Waals surface area contributed by atoms with Gasteiger partial charge in [0.15, 0.2) is 5.65 Å². The van der Waals surface area contributed by atoms with Crippen LogP contribution in [-0.2, 0) is 0 Å². The molecule has 4 aromatic heterocycles. The quantitative estimate of drug-likeness (QED) is 0.432. The van der Waals surface area contributed by atoms with Crippen molar-refractivity contribution in [3.63, 3.8) is 0 Å². The van der Waals surface area contributed by atoms with Crippen molar-refractivity contribution in [1.82, 2.24) is 34.1 Å². The van der Waals surface area contributed by atoms with Crippen molar-refractivity contribution >= 4 is 33.8 Å². The molecule has 10 heteroatoms. The molecule has 0 aliphatic carbocycles. The van der Waals surface area contributed by atoms with Crippen LogP contribution < -0.4 is 0 Å². The van der Waals surface area contributed by atoms with Gasteiger partial charge in [0, 0.05) is 10.9 Å². The zero-order chi connectivity index (χ0) is 19.5. The molecule has 29 heavy (non-hydrogen) atoms. The molecule has 140 valence electrons. The van der Waals surface area contributed by atoms with E-state index in [0.29, 0.717) is 33.8 Å². The Morgan fingerprint density at radius 3 is 2.66 bits per heavy atom. The highest BCUT2D eigenvalue weighted by molar-refractivity contribution is 6.29. The lowest BCUT2D eigenvalue weighted by Gasteiger charge is -2.06. The summed E-state index contributed by atoms with van der Waals surface area (Å²) in [6, 6.07) is 13.5. The van der Waals surface area contributed by atoms with Gasteiger partial charge in [-0.05, 0) is 48.0 Å². The van der Waals surface area contributed by atoms with Crippen LogP contribution in [0.25, 0.3) is 45.3 Å². The first-order chi connectivity index (χ1) is 14.2. The molecule has 4 heterocycles. The Balaban J connectivity index is 1.63. The van der Waals surface area contributed by atoms with Gasteiger partial charge in [-0.2, -0.15) is 4.98 Å². The molecule has 0 aliphatic rings. The van der Waals surface area contributed by atoms with Crippen molar-refractivity contribution in [3.05, 3.63) is 65.8 Å². The van der Waals surface area contributed by atoms with Crippen LogP contribution in [0.5, 0.6) is 0 Å². The van der Waals surface area contributed by atoms with Crippen molar-refractivity contribution < 1.29 is 8.91 Å². The molecular weight excluding hydrogens is 397 g/mol. The molecule has 0 bridgehead atoms. The minimum absolute atomic E-state index is 0.173. The van der Waals surface area contributed by atoms with Crippen LogP contribution in [0, 0.1) is 5.82 Å². The molecule has 0 unspecified atom stereocenters. The van der Waals surface area contributed by atoms with Gasteiger partial charge in [0.25, 0.3) is 5.89 Å². The molecule has 6 rings (SSSR count). The zero-order valence-electron chi connectivity index (χ0n) is 14.5. The summed E-state index contributed by atoms with van der Waals surface area (Å²) in [5.74, 6) is 0.507. The van der Waals surface area contributed by atoms with Crippen molar-refractivity contribution in [2.45, 2.75) is 0 Å². The number of para-hydroxylation sites is 1. The van der Waals surface area contributed by atoms with Crippen LogP contribution >= 0.6 is 11.6 Å². The zero-order valence-corrected chi connectivity index (χ0v) is 15.2. The maximum Gasteiger partial charge on any atom is 0.296 e. The summed E-state index contributed by atoms with van der Waals surface area (Å²) in [4.78, 5) is 8.63. The van der Waals surface area contributed by atoms with Crippen LogP contribution in [0.15, 0.2) is 59.3 Å². The Kier molecular flexibility index (Phi) is 3.24. The lowest BCUT2D eigenvalue weighted by molar-refractivity contribution is 0.429. The number of aromatic nitrogens is 7. The molecule has 2 aromatic carbocycles. The molecule has 0 saturated carbocycles. The summed E-state index contributed by atoms with van der Waals surface area (Å²) in [6.07, 6.45) is 1.63. The lowest BCUT2D eigenvalue weighted by atomic mass is 10.2. The van der Waals surface area contributed by atoms with Crippen LogP contribution in [0.2, 0.25) is 5.28 Å². The summed E-state index contributed by atoms with van der Waals surface area (Å²) in [7, 11) is 0. The fourth-order valence-electron chi connectivity index (χ4n) is 3.40. The van der Waals surface area contributed by atoms with Crippen LogP contribution in [-0.4, -0.2) is 34.1 Å². The van der Waals surface area contributed by atoms with Gasteiger partial charge < -0.3 is 4.52 Å². The molecule has 0 radical (unpaired) electrons. The van der Waals surface area contributed by atoms with E-state index >= 15 is 0 Å². The van der Waals surface area contributed by atoms with E-state index in [9.17, 15) is 4.39 Å². The first-order valence-electron chi connectivity index (χ1n) is 8.59. The summed E-state index contributed by atoms with van der Waals surface area (Å²) in [5.41, 5.74) is 2.75. The molecule has 8 nitrogen and oxygen atoms in total. The van der Waals surface area contributed by atoms with E-state index in [-0.39, 0.29) is 11.7 Å². The van der Waals surface area contributed by atoms with E-state index in [1.165, 1.54) is 12.1 Å². The number of rotatable bonds is 2. The fraction of sp³-hybridized carbons (Fsp3) is 0. The monoisotopic (exact) mass is 405 g/mol. The Hall–Kier alpha value is -3.85. The SMILES string of the molecule is Fc1ccc(-c2noc(-c3nnc4c5ccccc5n5c(Cl)ncc5n34)n2)cc1. The number of halogens is 2. The van der Waals surface area contributed by atoms with E-state index in [0.717, 1.165) is 10.9 Å². The smallest absolute Gasteiger partial charge is 0.296 e. The second-order valence-electron chi connectivity index (χ2n) is 6.35. The van der Waals surface area contributed by atoms with Crippen LogP contribution in [0.3, 0.4) is 0 Å². The van der Waals surface area contributed by atoms with Gasteiger partial charge in [0.2, 0.25) is 16.9 Å². The average Bonchev–Trinajstić information content (AvgIpc) is 3.46. The molecule has 0 saturated heterocycles. The highest BCUT2D eigenvalue weighted by Gasteiger charge is 2.21. The van der Waals surface area contributed by atoms with Crippen molar-refractivity contribution in [2.75, 3.05) is 0 Å². The summed E-state index contributed by atoms with van der Waals surface area (Å²) < 4.78 is 22.2. The third-order valence-corrected chi connectivity index (χ3v) is 4.96. The maximum absolute atomic E-state index is 13.2. The first kappa shape index (κ1) is 16.1. The Morgan fingerprint density at radius 2 is 1.79 bits per heavy atom. The predicted octanol–water partition coefficient (Wildman–Crippen LogP) is 4.04. The van der Waals surface area contributed by atoms with Crippen molar-refractivity contribution in [2.24, 2.45) is 0 Å². The largest absolute Gasteiger partial charge is 0.330 e. The molecular formula is C19H9ClFN7O. The highest BCUT2D eigenvalue weighted by Crippen LogP contribution is 2.29. The normalized spacial score (nSPS) is 11.8. The van der Waals surface area contributed by atoms with Gasteiger partial charge in [0.1, 0.15) is 11.5 Å². The van der Waals surface area contributed by atoms with Gasteiger partial charge in [0.05, 0.1) is 11.7 Å². The van der Waals surface area contributed by atoms with E-state index in [2.05, 4.69) is 25.3 Å². The third-order valence-electron chi connectivity index (χ3n) is 4.70. The number of nitrogens with zero attached hydrogens (tertiary/aromatic N) is 7. The molecule has 6 aromatic rings. The second-order valence-corrected chi connectivity index (χ2v) is 6.69. The Morgan fingerprint density at radius 1 is 0.966 bits per heavy atom. The van der Waals surface area contributed by atoms with Gasteiger partial charge in [-0.15, -0.1) is 10.2 Å². The molecule has 0 N–H and O–H groups in total. The highest BCUT2D eigenvalue weighted by atomic mass is 35.5. The summed E-state index contributed by atoms with van der Waals surface area (Å²) in [6.45, 7) is 0. The standard InChI is InChI=1S/C19H9ClFN7O/c20-19-22-9-14-27(19)13-4-2-1-3-12(13)16-24-25-17(28(14)16)18-23-15(26-29-18)10-5-7-11(21)8-6-10/h1-9H. The Labute approximate surface area is 166 Å². The number of hydrogen-bond donors (Lipinski definition) is 0. The predicted molar refractivity (Wildman–Crippen MR) is 103 cm³/mol. The lowest BCUT2D eigenvalue weighted by Crippen LogP contribution is -1.99. The fourth-order valence-corrected chi connectivity index (χ4v) is 3.63. The van der Waals surface area contributed by atoms with Crippen molar-refractivity contribution in [1.29, 1.82) is 0 Å². The summed E-state index contributed by atoms with van der Waals surface area (Å²) in [5, 5.41) is 13.7. The van der Waals surface area contributed by atoms with E-state index in [4.69, 9.17) is 16.1 Å². The van der Waals surface area contributed by atoms with E-state index < -0.39 is 0 Å². The molecule has 0 atom stereocenters. The number of imidazole rings is 1. The third kappa shape index (κ3) is 2.28. The maximum atomic E-state index is 13.2. The minimum Gasteiger partial charge on any atom is -0.330 e.